The highest BCUT2D eigenvalue weighted by Crippen LogP contribution is 2.25. The molecule has 1 saturated heterocycles. The fraction of sp³-hybridized carbons (Fsp3) is 0.500. The molecular formula is C12H16N4O4. The first kappa shape index (κ1) is 14.2. The number of nitrogen functional groups attached to an aromatic ring is 1. The van der Waals surface area contributed by atoms with E-state index < -0.39 is 10.5 Å². The van der Waals surface area contributed by atoms with Gasteiger partial charge in [0.05, 0.1) is 29.2 Å². The number of hydrogen-bond donors (Lipinski definition) is 1. The van der Waals surface area contributed by atoms with Crippen LogP contribution in [-0.4, -0.2) is 46.0 Å². The molecule has 1 aliphatic heterocycles. The van der Waals surface area contributed by atoms with Crippen LogP contribution in [0.2, 0.25) is 0 Å². The summed E-state index contributed by atoms with van der Waals surface area (Å²) in [4.78, 5) is 28.0. The third kappa shape index (κ3) is 2.55. The fourth-order valence-electron chi connectivity index (χ4n) is 2.12. The predicted molar refractivity (Wildman–Crippen MR) is 71.2 cm³/mol. The number of morpholine rings is 1. The zero-order valence-corrected chi connectivity index (χ0v) is 11.3. The van der Waals surface area contributed by atoms with Crippen LogP contribution in [0.15, 0.2) is 12.3 Å². The predicted octanol–water partition coefficient (Wildman–Crippen LogP) is 0.823. The minimum absolute atomic E-state index is 0.0112. The molecule has 0 saturated carbocycles. The van der Waals surface area contributed by atoms with Gasteiger partial charge in [-0.3, -0.25) is 14.9 Å². The molecule has 2 rings (SSSR count). The molecule has 1 fully saturated rings. The van der Waals surface area contributed by atoms with Crippen LogP contribution in [0.1, 0.15) is 24.2 Å². The van der Waals surface area contributed by atoms with Crippen molar-refractivity contribution in [2.24, 2.45) is 0 Å². The summed E-state index contributed by atoms with van der Waals surface area (Å²) < 4.78 is 5.34. The Hall–Kier alpha value is -2.22. The lowest BCUT2D eigenvalue weighted by Crippen LogP contribution is -2.55. The molecule has 1 aliphatic rings. The molecule has 0 atom stereocenters. The van der Waals surface area contributed by atoms with Gasteiger partial charge in [0, 0.05) is 12.6 Å². The number of pyridine rings is 1. The molecule has 2 N–H and O–H groups in total. The Morgan fingerprint density at radius 3 is 2.90 bits per heavy atom. The summed E-state index contributed by atoms with van der Waals surface area (Å²) in [6, 6.07) is 1.16. The number of nitro groups is 1. The first-order valence-electron chi connectivity index (χ1n) is 6.12. The highest BCUT2D eigenvalue weighted by atomic mass is 16.6. The Morgan fingerprint density at radius 1 is 1.60 bits per heavy atom. The number of ether oxygens (including phenoxy) is 1. The number of aromatic nitrogens is 1. The van der Waals surface area contributed by atoms with E-state index in [1.54, 1.807) is 4.90 Å². The van der Waals surface area contributed by atoms with Gasteiger partial charge in [-0.1, -0.05) is 0 Å². The van der Waals surface area contributed by atoms with Crippen molar-refractivity contribution in [1.29, 1.82) is 0 Å². The number of rotatable bonds is 2. The Morgan fingerprint density at radius 2 is 2.30 bits per heavy atom. The van der Waals surface area contributed by atoms with Crippen LogP contribution < -0.4 is 5.73 Å². The SMILES string of the molecule is CC1(C)COCCN1C(=O)c1cc([N+](=O)[O-])cnc1N. The second-order valence-corrected chi connectivity index (χ2v) is 5.21. The summed E-state index contributed by atoms with van der Waals surface area (Å²) in [5.74, 6) is -0.380. The van der Waals surface area contributed by atoms with E-state index in [2.05, 4.69) is 4.98 Å². The van der Waals surface area contributed by atoms with Gasteiger partial charge >= 0.3 is 0 Å². The quantitative estimate of drug-likeness (QED) is 0.634. The van der Waals surface area contributed by atoms with E-state index >= 15 is 0 Å². The molecule has 1 amide bonds. The lowest BCUT2D eigenvalue weighted by molar-refractivity contribution is -0.385. The lowest BCUT2D eigenvalue weighted by atomic mass is 10.0. The second-order valence-electron chi connectivity index (χ2n) is 5.21. The molecule has 8 nitrogen and oxygen atoms in total. The molecule has 0 unspecified atom stereocenters. The number of amides is 1. The maximum atomic E-state index is 12.5. The zero-order chi connectivity index (χ0) is 14.9. The van der Waals surface area contributed by atoms with Crippen molar-refractivity contribution in [3.05, 3.63) is 27.9 Å². The minimum atomic E-state index is -0.603. The average Bonchev–Trinajstić information content (AvgIpc) is 2.37. The highest BCUT2D eigenvalue weighted by Gasteiger charge is 2.35. The first-order valence-corrected chi connectivity index (χ1v) is 6.12. The number of anilines is 1. The molecule has 8 heteroatoms. The molecule has 20 heavy (non-hydrogen) atoms. The van der Waals surface area contributed by atoms with E-state index in [9.17, 15) is 14.9 Å². The molecular weight excluding hydrogens is 264 g/mol. The Labute approximate surface area is 115 Å². The monoisotopic (exact) mass is 280 g/mol. The molecule has 0 aliphatic carbocycles. The van der Waals surface area contributed by atoms with Crippen molar-refractivity contribution in [3.8, 4) is 0 Å². The van der Waals surface area contributed by atoms with Crippen LogP contribution in [-0.2, 0) is 4.74 Å². The fourth-order valence-corrected chi connectivity index (χ4v) is 2.12. The Bertz CT molecular complexity index is 558. The van der Waals surface area contributed by atoms with Crippen molar-refractivity contribution in [3.63, 3.8) is 0 Å². The molecule has 1 aromatic heterocycles. The summed E-state index contributed by atoms with van der Waals surface area (Å²) >= 11 is 0. The number of carbonyl (C=O) groups is 1. The van der Waals surface area contributed by atoms with Crippen LogP contribution in [0.3, 0.4) is 0 Å². The van der Waals surface area contributed by atoms with Gasteiger partial charge < -0.3 is 15.4 Å². The molecule has 0 bridgehead atoms. The maximum Gasteiger partial charge on any atom is 0.288 e. The smallest absolute Gasteiger partial charge is 0.288 e. The molecule has 0 radical (unpaired) electrons. The highest BCUT2D eigenvalue weighted by molar-refractivity contribution is 5.99. The van der Waals surface area contributed by atoms with Crippen molar-refractivity contribution in [2.75, 3.05) is 25.5 Å². The van der Waals surface area contributed by atoms with E-state index in [1.165, 1.54) is 0 Å². The Kier molecular flexibility index (Phi) is 3.58. The van der Waals surface area contributed by atoms with Crippen molar-refractivity contribution >= 4 is 17.4 Å². The number of nitrogens with two attached hydrogens (primary N) is 1. The van der Waals surface area contributed by atoms with E-state index in [1.807, 2.05) is 13.8 Å². The van der Waals surface area contributed by atoms with Gasteiger partial charge in [-0.25, -0.2) is 4.98 Å². The van der Waals surface area contributed by atoms with Gasteiger partial charge in [0.15, 0.2) is 0 Å². The van der Waals surface area contributed by atoms with E-state index in [-0.39, 0.29) is 23.0 Å². The standard InChI is InChI=1S/C12H16N4O4/c1-12(2)7-20-4-3-15(12)11(17)9-5-8(16(18)19)6-14-10(9)13/h5-6H,3-4,7H2,1-2H3,(H2,13,14). The van der Waals surface area contributed by atoms with Crippen molar-refractivity contribution in [2.45, 2.75) is 19.4 Å². The number of nitrogens with zero attached hydrogens (tertiary/aromatic N) is 3. The van der Waals surface area contributed by atoms with E-state index in [0.29, 0.717) is 19.8 Å². The van der Waals surface area contributed by atoms with Crippen LogP contribution in [0.4, 0.5) is 11.5 Å². The molecule has 2 heterocycles. The third-order valence-electron chi connectivity index (χ3n) is 3.24. The summed E-state index contributed by atoms with van der Waals surface area (Å²) in [5, 5.41) is 10.8. The van der Waals surface area contributed by atoms with Crippen LogP contribution in [0, 0.1) is 10.1 Å². The third-order valence-corrected chi connectivity index (χ3v) is 3.24. The normalized spacial score (nSPS) is 17.8. The van der Waals surface area contributed by atoms with Gasteiger partial charge in [-0.05, 0) is 13.8 Å². The van der Waals surface area contributed by atoms with Crippen LogP contribution in [0.5, 0.6) is 0 Å². The van der Waals surface area contributed by atoms with Gasteiger partial charge in [0.25, 0.3) is 11.6 Å². The minimum Gasteiger partial charge on any atom is -0.383 e. The summed E-state index contributed by atoms with van der Waals surface area (Å²) in [7, 11) is 0. The summed E-state index contributed by atoms with van der Waals surface area (Å²) in [5.41, 5.74) is 4.97. The molecule has 108 valence electrons. The number of hydrogen-bond acceptors (Lipinski definition) is 6. The Balaban J connectivity index is 2.37. The van der Waals surface area contributed by atoms with E-state index in [0.717, 1.165) is 12.3 Å². The summed E-state index contributed by atoms with van der Waals surface area (Å²) in [6.45, 7) is 4.97. The maximum absolute atomic E-state index is 12.5. The average molecular weight is 280 g/mol. The van der Waals surface area contributed by atoms with E-state index in [4.69, 9.17) is 10.5 Å². The lowest BCUT2D eigenvalue weighted by Gasteiger charge is -2.42. The summed E-state index contributed by atoms with van der Waals surface area (Å²) in [6.07, 6.45) is 1.04. The number of carbonyl (C=O) groups excluding carboxylic acids is 1. The molecule has 1 aromatic rings. The molecule has 0 spiro atoms. The second kappa shape index (κ2) is 5.04. The largest absolute Gasteiger partial charge is 0.383 e. The van der Waals surface area contributed by atoms with Gasteiger partial charge in [-0.2, -0.15) is 0 Å². The molecule has 0 aromatic carbocycles. The van der Waals surface area contributed by atoms with Gasteiger partial charge in [0.2, 0.25) is 0 Å². The van der Waals surface area contributed by atoms with Gasteiger partial charge in [0.1, 0.15) is 12.0 Å². The van der Waals surface area contributed by atoms with Crippen LogP contribution >= 0.6 is 0 Å². The zero-order valence-electron chi connectivity index (χ0n) is 11.3. The van der Waals surface area contributed by atoms with Gasteiger partial charge in [-0.15, -0.1) is 0 Å². The first-order chi connectivity index (χ1) is 9.33. The van der Waals surface area contributed by atoms with Crippen molar-refractivity contribution < 1.29 is 14.5 Å². The van der Waals surface area contributed by atoms with Crippen LogP contribution in [0.25, 0.3) is 0 Å². The topological polar surface area (TPSA) is 112 Å². The van der Waals surface area contributed by atoms with Crippen molar-refractivity contribution in [1.82, 2.24) is 9.88 Å².